The van der Waals surface area contributed by atoms with Crippen LogP contribution in [0.1, 0.15) is 12.6 Å². The Bertz CT molecular complexity index is 353. The minimum Gasteiger partial charge on any atom is -0.480 e. The van der Waals surface area contributed by atoms with Crippen LogP contribution in [-0.2, 0) is 22.0 Å². The Labute approximate surface area is 90.8 Å². The third-order valence-electron chi connectivity index (χ3n) is 2.03. The Kier molecular flexibility index (Phi) is 4.42. The number of pyridine rings is 1. The second-order valence-corrected chi connectivity index (χ2v) is 5.01. The molecule has 1 N–H and O–H groups in total. The Morgan fingerprint density at radius 3 is 2.87 bits per heavy atom. The standard InChI is InChI=1S/C10H13NO3S/c1-8(10(12)13)15(14)7-5-9-4-2-3-6-11-9/h2-4,6,8H,5,7H2,1H3,(H,12,13). The first kappa shape index (κ1) is 11.8. The molecule has 0 saturated carbocycles. The van der Waals surface area contributed by atoms with E-state index in [9.17, 15) is 9.00 Å². The molecule has 0 aromatic carbocycles. The van der Waals surface area contributed by atoms with Crippen LogP contribution in [0.4, 0.5) is 0 Å². The highest BCUT2D eigenvalue weighted by Gasteiger charge is 2.18. The van der Waals surface area contributed by atoms with Crippen molar-refractivity contribution in [1.82, 2.24) is 4.98 Å². The maximum Gasteiger partial charge on any atom is 0.318 e. The molecule has 4 nitrogen and oxygen atoms in total. The highest BCUT2D eigenvalue weighted by molar-refractivity contribution is 7.86. The number of aromatic nitrogens is 1. The molecular weight excluding hydrogens is 214 g/mol. The Morgan fingerprint density at radius 2 is 2.33 bits per heavy atom. The van der Waals surface area contributed by atoms with E-state index in [0.717, 1.165) is 5.69 Å². The molecule has 0 aliphatic heterocycles. The summed E-state index contributed by atoms with van der Waals surface area (Å²) >= 11 is 0. The van der Waals surface area contributed by atoms with E-state index in [0.29, 0.717) is 12.2 Å². The van der Waals surface area contributed by atoms with E-state index in [1.807, 2.05) is 12.1 Å². The molecule has 82 valence electrons. The van der Waals surface area contributed by atoms with Gasteiger partial charge in [0.15, 0.2) is 0 Å². The van der Waals surface area contributed by atoms with Crippen LogP contribution in [0, 0.1) is 0 Å². The van der Waals surface area contributed by atoms with Crippen molar-refractivity contribution in [1.29, 1.82) is 0 Å². The lowest BCUT2D eigenvalue weighted by Crippen LogP contribution is -2.24. The van der Waals surface area contributed by atoms with E-state index in [4.69, 9.17) is 5.11 Å². The summed E-state index contributed by atoms with van der Waals surface area (Å²) in [5.41, 5.74) is 0.837. The number of carboxylic acids is 1. The van der Waals surface area contributed by atoms with Crippen LogP contribution in [0.3, 0.4) is 0 Å². The number of aryl methyl sites for hydroxylation is 1. The van der Waals surface area contributed by atoms with Crippen LogP contribution < -0.4 is 0 Å². The maximum absolute atomic E-state index is 11.5. The fourth-order valence-electron chi connectivity index (χ4n) is 1.04. The van der Waals surface area contributed by atoms with Crippen molar-refractivity contribution in [2.75, 3.05) is 5.75 Å². The number of hydrogen-bond acceptors (Lipinski definition) is 3. The number of nitrogens with zero attached hydrogens (tertiary/aromatic N) is 1. The predicted molar refractivity (Wildman–Crippen MR) is 58.0 cm³/mol. The minimum atomic E-state index is -1.33. The van der Waals surface area contributed by atoms with Gasteiger partial charge in [-0.15, -0.1) is 0 Å². The van der Waals surface area contributed by atoms with Crippen LogP contribution in [0.15, 0.2) is 24.4 Å². The van der Waals surface area contributed by atoms with Crippen molar-refractivity contribution in [2.24, 2.45) is 0 Å². The zero-order chi connectivity index (χ0) is 11.3. The third-order valence-corrected chi connectivity index (χ3v) is 3.62. The summed E-state index contributed by atoms with van der Waals surface area (Å²) in [6.45, 7) is 1.46. The normalized spacial score (nSPS) is 14.5. The predicted octanol–water partition coefficient (Wildman–Crippen LogP) is 0.846. The molecule has 1 heterocycles. The van der Waals surface area contributed by atoms with Crippen LogP contribution in [0.5, 0.6) is 0 Å². The van der Waals surface area contributed by atoms with E-state index in [2.05, 4.69) is 4.98 Å². The first-order valence-electron chi connectivity index (χ1n) is 4.61. The van der Waals surface area contributed by atoms with Gasteiger partial charge < -0.3 is 5.11 Å². The van der Waals surface area contributed by atoms with Gasteiger partial charge in [0, 0.05) is 34.9 Å². The SMILES string of the molecule is CC(C(=O)O)S(=O)CCc1ccccn1. The van der Waals surface area contributed by atoms with Gasteiger partial charge in [0.2, 0.25) is 0 Å². The molecule has 1 rings (SSSR count). The minimum absolute atomic E-state index is 0.338. The lowest BCUT2D eigenvalue weighted by molar-refractivity contribution is -0.136. The van der Waals surface area contributed by atoms with Gasteiger partial charge in [-0.05, 0) is 19.1 Å². The lowest BCUT2D eigenvalue weighted by Gasteiger charge is -2.05. The molecule has 5 heteroatoms. The largest absolute Gasteiger partial charge is 0.480 e. The summed E-state index contributed by atoms with van der Waals surface area (Å²) in [5.74, 6) is -0.681. The van der Waals surface area contributed by atoms with Gasteiger partial charge in [0.1, 0.15) is 5.25 Å². The molecule has 0 bridgehead atoms. The molecule has 0 saturated heterocycles. The van der Waals surface area contributed by atoms with Gasteiger partial charge in [-0.3, -0.25) is 14.0 Å². The van der Waals surface area contributed by atoms with Crippen molar-refractivity contribution in [3.63, 3.8) is 0 Å². The average molecular weight is 227 g/mol. The van der Waals surface area contributed by atoms with Crippen LogP contribution in [0.25, 0.3) is 0 Å². The highest BCUT2D eigenvalue weighted by Crippen LogP contribution is 2.01. The summed E-state index contributed by atoms with van der Waals surface area (Å²) in [6.07, 6.45) is 2.21. The first-order chi connectivity index (χ1) is 7.11. The molecule has 0 radical (unpaired) electrons. The van der Waals surface area contributed by atoms with Crippen molar-refractivity contribution < 1.29 is 14.1 Å². The van der Waals surface area contributed by atoms with Gasteiger partial charge in [0.05, 0.1) is 0 Å². The summed E-state index contributed by atoms with van der Waals surface area (Å²) < 4.78 is 11.5. The van der Waals surface area contributed by atoms with E-state index in [-0.39, 0.29) is 0 Å². The molecule has 0 spiro atoms. The third kappa shape index (κ3) is 3.79. The van der Waals surface area contributed by atoms with Gasteiger partial charge in [-0.25, -0.2) is 0 Å². The van der Waals surface area contributed by atoms with Crippen molar-refractivity contribution in [3.8, 4) is 0 Å². The van der Waals surface area contributed by atoms with E-state index >= 15 is 0 Å². The summed E-state index contributed by atoms with van der Waals surface area (Å²) in [4.78, 5) is 14.6. The molecule has 0 amide bonds. The number of carbonyl (C=O) groups is 1. The second kappa shape index (κ2) is 5.60. The fraction of sp³-hybridized carbons (Fsp3) is 0.400. The van der Waals surface area contributed by atoms with Gasteiger partial charge in [0.25, 0.3) is 0 Å². The zero-order valence-corrected chi connectivity index (χ0v) is 9.24. The monoisotopic (exact) mass is 227 g/mol. The summed E-state index contributed by atoms with van der Waals surface area (Å²) in [5, 5.41) is 7.83. The Hall–Kier alpha value is -1.23. The van der Waals surface area contributed by atoms with E-state index < -0.39 is 22.0 Å². The zero-order valence-electron chi connectivity index (χ0n) is 8.42. The molecule has 0 aliphatic carbocycles. The summed E-state index contributed by atoms with van der Waals surface area (Å²) in [7, 11) is -1.33. The molecule has 0 aliphatic rings. The van der Waals surface area contributed by atoms with Crippen LogP contribution in [0.2, 0.25) is 0 Å². The molecule has 0 fully saturated rings. The van der Waals surface area contributed by atoms with Gasteiger partial charge in [-0.2, -0.15) is 0 Å². The van der Waals surface area contributed by atoms with Gasteiger partial charge in [-0.1, -0.05) is 6.07 Å². The number of rotatable bonds is 5. The Morgan fingerprint density at radius 1 is 1.60 bits per heavy atom. The fourth-order valence-corrected chi connectivity index (χ4v) is 2.03. The Balaban J connectivity index is 2.44. The number of aliphatic carboxylic acids is 1. The molecule has 1 aromatic rings. The molecule has 2 atom stereocenters. The second-order valence-electron chi connectivity index (χ2n) is 3.14. The van der Waals surface area contributed by atoms with Crippen LogP contribution in [-0.4, -0.2) is 31.3 Å². The topological polar surface area (TPSA) is 67.3 Å². The van der Waals surface area contributed by atoms with Crippen LogP contribution >= 0.6 is 0 Å². The molecular formula is C10H13NO3S. The molecule has 1 aromatic heterocycles. The maximum atomic E-state index is 11.5. The first-order valence-corrected chi connectivity index (χ1v) is 5.99. The van der Waals surface area contributed by atoms with Crippen molar-refractivity contribution >= 4 is 16.8 Å². The molecule has 2 unspecified atom stereocenters. The average Bonchev–Trinajstić information content (AvgIpc) is 2.26. The lowest BCUT2D eigenvalue weighted by atomic mass is 10.3. The quantitative estimate of drug-likeness (QED) is 0.809. The van der Waals surface area contributed by atoms with Crippen molar-refractivity contribution in [3.05, 3.63) is 30.1 Å². The van der Waals surface area contributed by atoms with E-state index in [1.54, 1.807) is 12.3 Å². The molecule has 15 heavy (non-hydrogen) atoms. The summed E-state index contributed by atoms with van der Waals surface area (Å²) in [6, 6.07) is 5.49. The smallest absolute Gasteiger partial charge is 0.318 e. The van der Waals surface area contributed by atoms with Gasteiger partial charge >= 0.3 is 5.97 Å². The highest BCUT2D eigenvalue weighted by atomic mass is 32.2. The number of hydrogen-bond donors (Lipinski definition) is 1. The van der Waals surface area contributed by atoms with E-state index in [1.165, 1.54) is 6.92 Å². The number of carboxylic acid groups (broad SMARTS) is 1. The van der Waals surface area contributed by atoms with Crippen molar-refractivity contribution in [2.45, 2.75) is 18.6 Å².